The lowest BCUT2D eigenvalue weighted by atomic mass is 10.0. The molecule has 1 unspecified atom stereocenters. The number of aryl methyl sites for hydroxylation is 2. The zero-order valence-corrected chi connectivity index (χ0v) is 11.3. The molecule has 0 saturated carbocycles. The van der Waals surface area contributed by atoms with Crippen molar-refractivity contribution < 1.29 is 0 Å². The standard InChI is InChI=1S/C14H22ClN/c1-4-12-8-9-13(16-10-12)6-5-7-14(15)11(2)3/h8-11,14H,4-7H2,1-3H3. The third-order valence-corrected chi connectivity index (χ3v) is 3.65. The Hall–Kier alpha value is -0.560. The molecule has 2 heteroatoms. The highest BCUT2D eigenvalue weighted by Crippen LogP contribution is 2.16. The summed E-state index contributed by atoms with van der Waals surface area (Å²) in [6.45, 7) is 6.50. The minimum absolute atomic E-state index is 0.301. The van der Waals surface area contributed by atoms with Crippen LogP contribution >= 0.6 is 11.6 Å². The Morgan fingerprint density at radius 3 is 2.56 bits per heavy atom. The molecule has 0 N–H and O–H groups in total. The Balaban J connectivity index is 2.31. The highest BCUT2D eigenvalue weighted by molar-refractivity contribution is 6.20. The Kier molecular flexibility index (Phi) is 5.83. The first-order chi connectivity index (χ1) is 7.63. The van der Waals surface area contributed by atoms with Gasteiger partial charge in [0.25, 0.3) is 0 Å². The Morgan fingerprint density at radius 1 is 1.31 bits per heavy atom. The second-order valence-corrected chi connectivity index (χ2v) is 5.22. The summed E-state index contributed by atoms with van der Waals surface area (Å²) in [5.74, 6) is 0.567. The molecule has 0 aromatic carbocycles. The van der Waals surface area contributed by atoms with Crippen LogP contribution in [-0.2, 0) is 12.8 Å². The molecule has 0 amide bonds. The summed E-state index contributed by atoms with van der Waals surface area (Å²) < 4.78 is 0. The zero-order chi connectivity index (χ0) is 12.0. The number of pyridine rings is 1. The van der Waals surface area contributed by atoms with Gasteiger partial charge in [-0.2, -0.15) is 0 Å². The monoisotopic (exact) mass is 239 g/mol. The second kappa shape index (κ2) is 6.90. The minimum Gasteiger partial charge on any atom is -0.261 e. The number of alkyl halides is 1. The van der Waals surface area contributed by atoms with Crippen LogP contribution in [0.3, 0.4) is 0 Å². The SMILES string of the molecule is CCc1ccc(CCCC(Cl)C(C)C)nc1. The van der Waals surface area contributed by atoms with Crippen LogP contribution in [0.4, 0.5) is 0 Å². The van der Waals surface area contributed by atoms with Gasteiger partial charge in [0, 0.05) is 17.3 Å². The van der Waals surface area contributed by atoms with Crippen molar-refractivity contribution in [2.24, 2.45) is 5.92 Å². The molecule has 90 valence electrons. The van der Waals surface area contributed by atoms with Crippen molar-refractivity contribution >= 4 is 11.6 Å². The molecule has 0 aliphatic heterocycles. The molecule has 16 heavy (non-hydrogen) atoms. The molecule has 0 spiro atoms. The van der Waals surface area contributed by atoms with E-state index in [1.54, 1.807) is 0 Å². The van der Waals surface area contributed by atoms with Gasteiger partial charge >= 0.3 is 0 Å². The fraction of sp³-hybridized carbons (Fsp3) is 0.643. The number of aromatic nitrogens is 1. The molecule has 1 atom stereocenters. The average Bonchev–Trinajstić information content (AvgIpc) is 2.29. The normalized spacial score (nSPS) is 13.1. The van der Waals surface area contributed by atoms with Crippen molar-refractivity contribution in [3.63, 3.8) is 0 Å². The number of nitrogens with zero attached hydrogens (tertiary/aromatic N) is 1. The number of halogens is 1. The summed E-state index contributed by atoms with van der Waals surface area (Å²) in [5, 5.41) is 0.301. The van der Waals surface area contributed by atoms with Crippen LogP contribution in [0.2, 0.25) is 0 Å². The largest absolute Gasteiger partial charge is 0.261 e. The van der Waals surface area contributed by atoms with E-state index < -0.39 is 0 Å². The van der Waals surface area contributed by atoms with Crippen LogP contribution in [0.25, 0.3) is 0 Å². The Labute approximate surface area is 104 Å². The Morgan fingerprint density at radius 2 is 2.06 bits per heavy atom. The lowest BCUT2D eigenvalue weighted by Crippen LogP contribution is -2.07. The molecule has 1 aromatic rings. The maximum atomic E-state index is 6.21. The van der Waals surface area contributed by atoms with E-state index in [1.165, 1.54) is 11.3 Å². The fourth-order valence-corrected chi connectivity index (χ4v) is 1.78. The summed E-state index contributed by atoms with van der Waals surface area (Å²) in [5.41, 5.74) is 2.49. The van der Waals surface area contributed by atoms with Gasteiger partial charge in [0.1, 0.15) is 0 Å². The topological polar surface area (TPSA) is 12.9 Å². The van der Waals surface area contributed by atoms with E-state index in [0.29, 0.717) is 11.3 Å². The van der Waals surface area contributed by atoms with Crippen molar-refractivity contribution in [2.75, 3.05) is 0 Å². The molecule has 0 saturated heterocycles. The van der Waals surface area contributed by atoms with E-state index >= 15 is 0 Å². The lowest BCUT2D eigenvalue weighted by Gasteiger charge is -2.12. The van der Waals surface area contributed by atoms with E-state index in [0.717, 1.165) is 25.7 Å². The molecular formula is C14H22ClN. The molecule has 1 rings (SSSR count). The van der Waals surface area contributed by atoms with Crippen LogP contribution < -0.4 is 0 Å². The molecular weight excluding hydrogens is 218 g/mol. The highest BCUT2D eigenvalue weighted by atomic mass is 35.5. The van der Waals surface area contributed by atoms with E-state index in [2.05, 4.69) is 37.9 Å². The molecule has 1 nitrogen and oxygen atoms in total. The third-order valence-electron chi connectivity index (χ3n) is 2.93. The molecule has 0 aliphatic carbocycles. The van der Waals surface area contributed by atoms with Crippen LogP contribution in [-0.4, -0.2) is 10.4 Å². The quantitative estimate of drug-likeness (QED) is 0.677. The maximum absolute atomic E-state index is 6.21. The Bertz CT molecular complexity index is 292. The fourth-order valence-electron chi connectivity index (χ4n) is 1.62. The molecule has 1 heterocycles. The zero-order valence-electron chi connectivity index (χ0n) is 10.5. The maximum Gasteiger partial charge on any atom is 0.0403 e. The van der Waals surface area contributed by atoms with Gasteiger partial charge in [-0.1, -0.05) is 26.8 Å². The summed E-state index contributed by atoms with van der Waals surface area (Å²) >= 11 is 6.21. The van der Waals surface area contributed by atoms with Crippen molar-refractivity contribution in [1.82, 2.24) is 4.98 Å². The number of hydrogen-bond acceptors (Lipinski definition) is 1. The van der Waals surface area contributed by atoms with Gasteiger partial charge in [-0.3, -0.25) is 4.98 Å². The summed E-state index contributed by atoms with van der Waals surface area (Å²) in [6, 6.07) is 4.31. The van der Waals surface area contributed by atoms with Gasteiger partial charge < -0.3 is 0 Å². The van der Waals surface area contributed by atoms with Gasteiger partial charge in [0.15, 0.2) is 0 Å². The molecule has 0 fully saturated rings. The van der Waals surface area contributed by atoms with Crippen LogP contribution in [0.5, 0.6) is 0 Å². The third kappa shape index (κ3) is 4.52. The van der Waals surface area contributed by atoms with Gasteiger partial charge in [0.2, 0.25) is 0 Å². The first-order valence-corrected chi connectivity index (χ1v) is 6.65. The van der Waals surface area contributed by atoms with Crippen LogP contribution in [0, 0.1) is 5.92 Å². The molecule has 0 radical (unpaired) electrons. The smallest absolute Gasteiger partial charge is 0.0403 e. The number of hydrogen-bond donors (Lipinski definition) is 0. The van der Waals surface area contributed by atoms with Gasteiger partial charge in [-0.25, -0.2) is 0 Å². The van der Waals surface area contributed by atoms with Gasteiger partial charge in [0.05, 0.1) is 0 Å². The molecule has 0 aliphatic rings. The van der Waals surface area contributed by atoms with E-state index in [-0.39, 0.29) is 0 Å². The van der Waals surface area contributed by atoms with Crippen LogP contribution in [0.15, 0.2) is 18.3 Å². The van der Waals surface area contributed by atoms with Gasteiger partial charge in [-0.05, 0) is 43.2 Å². The van der Waals surface area contributed by atoms with E-state index in [1.807, 2.05) is 6.20 Å². The average molecular weight is 240 g/mol. The molecule has 1 aromatic heterocycles. The summed E-state index contributed by atoms with van der Waals surface area (Å²) in [4.78, 5) is 4.45. The van der Waals surface area contributed by atoms with Crippen molar-refractivity contribution in [2.45, 2.75) is 51.8 Å². The first kappa shape index (κ1) is 13.5. The summed E-state index contributed by atoms with van der Waals surface area (Å²) in [7, 11) is 0. The predicted octanol–water partition coefficient (Wildman–Crippen LogP) is 4.23. The highest BCUT2D eigenvalue weighted by Gasteiger charge is 2.08. The van der Waals surface area contributed by atoms with Crippen molar-refractivity contribution in [1.29, 1.82) is 0 Å². The van der Waals surface area contributed by atoms with E-state index in [4.69, 9.17) is 11.6 Å². The summed E-state index contributed by atoms with van der Waals surface area (Å²) in [6.07, 6.45) is 6.29. The molecule has 0 bridgehead atoms. The first-order valence-electron chi connectivity index (χ1n) is 6.21. The second-order valence-electron chi connectivity index (χ2n) is 4.66. The lowest BCUT2D eigenvalue weighted by molar-refractivity contribution is 0.545. The van der Waals surface area contributed by atoms with Crippen molar-refractivity contribution in [3.05, 3.63) is 29.6 Å². The van der Waals surface area contributed by atoms with Gasteiger partial charge in [-0.15, -0.1) is 11.6 Å². The minimum atomic E-state index is 0.301. The van der Waals surface area contributed by atoms with E-state index in [9.17, 15) is 0 Å². The number of rotatable bonds is 6. The predicted molar refractivity (Wildman–Crippen MR) is 71.0 cm³/mol. The van der Waals surface area contributed by atoms with Crippen LogP contribution in [0.1, 0.15) is 44.9 Å². The van der Waals surface area contributed by atoms with Crippen molar-refractivity contribution in [3.8, 4) is 0 Å².